The first kappa shape index (κ1) is 14.6. The maximum atomic E-state index is 11.8. The minimum Gasteiger partial charge on any atom is -0.466 e. The van der Waals surface area contributed by atoms with Gasteiger partial charge in [-0.25, -0.2) is 9.59 Å². The van der Waals surface area contributed by atoms with Crippen LogP contribution < -0.4 is 9.47 Å². The average molecular weight is 290 g/mol. The minimum atomic E-state index is -0.525. The van der Waals surface area contributed by atoms with Crippen molar-refractivity contribution in [2.24, 2.45) is 0 Å². The first-order valence-electron chi connectivity index (χ1n) is 6.10. The Balaban J connectivity index is 2.32. The van der Waals surface area contributed by atoms with Gasteiger partial charge in [-0.2, -0.15) is 0 Å². The molecule has 0 bridgehead atoms. The minimum absolute atomic E-state index is 0.151. The molecule has 1 aromatic rings. The van der Waals surface area contributed by atoms with E-state index < -0.39 is 11.9 Å². The van der Waals surface area contributed by atoms with Crippen LogP contribution in [0.4, 0.5) is 0 Å². The summed E-state index contributed by atoms with van der Waals surface area (Å²) in [5.41, 5.74) is 0.886. The number of fused-ring (bicyclic) bond motifs is 1. The van der Waals surface area contributed by atoms with Crippen molar-refractivity contribution in [3.8, 4) is 11.5 Å². The Morgan fingerprint density at radius 2 is 1.90 bits per heavy atom. The SMILES string of the molecule is COC(=O)/C=C\C=C(\C(=O)OC)c1ccc2c(c1)OCO2. The molecule has 0 unspecified atom stereocenters. The van der Waals surface area contributed by atoms with Crippen LogP contribution >= 0.6 is 0 Å². The zero-order valence-corrected chi connectivity index (χ0v) is 11.6. The monoisotopic (exact) mass is 290 g/mol. The fraction of sp³-hybridized carbons (Fsp3) is 0.200. The summed E-state index contributed by atoms with van der Waals surface area (Å²) in [4.78, 5) is 22.9. The Kier molecular flexibility index (Phi) is 4.61. The molecule has 0 aromatic heterocycles. The van der Waals surface area contributed by atoms with E-state index in [4.69, 9.17) is 14.2 Å². The Morgan fingerprint density at radius 1 is 1.14 bits per heavy atom. The summed E-state index contributed by atoms with van der Waals surface area (Å²) in [7, 11) is 2.56. The van der Waals surface area contributed by atoms with Crippen molar-refractivity contribution in [3.63, 3.8) is 0 Å². The van der Waals surface area contributed by atoms with E-state index in [0.29, 0.717) is 17.1 Å². The van der Waals surface area contributed by atoms with Crippen LogP contribution in [-0.4, -0.2) is 33.0 Å². The van der Waals surface area contributed by atoms with Gasteiger partial charge in [0.25, 0.3) is 0 Å². The van der Waals surface area contributed by atoms with Crippen molar-refractivity contribution < 1.29 is 28.5 Å². The lowest BCUT2D eigenvalue weighted by molar-refractivity contribution is -0.135. The number of hydrogen-bond donors (Lipinski definition) is 0. The lowest BCUT2D eigenvalue weighted by Crippen LogP contribution is -2.04. The van der Waals surface area contributed by atoms with Crippen molar-refractivity contribution in [2.45, 2.75) is 0 Å². The summed E-state index contributed by atoms with van der Waals surface area (Å²) in [5, 5.41) is 0. The summed E-state index contributed by atoms with van der Waals surface area (Å²) in [6, 6.07) is 5.10. The van der Waals surface area contributed by atoms with Crippen molar-refractivity contribution in [1.29, 1.82) is 0 Å². The zero-order valence-electron chi connectivity index (χ0n) is 11.6. The molecule has 2 rings (SSSR count). The van der Waals surface area contributed by atoms with Crippen molar-refractivity contribution in [1.82, 2.24) is 0 Å². The summed E-state index contributed by atoms with van der Waals surface area (Å²) in [6.07, 6.45) is 4.10. The van der Waals surface area contributed by atoms with E-state index in [2.05, 4.69) is 4.74 Å². The predicted molar refractivity (Wildman–Crippen MR) is 73.7 cm³/mol. The van der Waals surface area contributed by atoms with Crippen LogP contribution in [0.3, 0.4) is 0 Å². The van der Waals surface area contributed by atoms with Crippen LogP contribution in [0.15, 0.2) is 36.4 Å². The average Bonchev–Trinajstić information content (AvgIpc) is 2.98. The van der Waals surface area contributed by atoms with Crippen molar-refractivity contribution in [2.75, 3.05) is 21.0 Å². The molecule has 6 nitrogen and oxygen atoms in total. The third-order valence-corrected chi connectivity index (χ3v) is 2.79. The molecule has 110 valence electrons. The number of ether oxygens (including phenoxy) is 4. The second-order valence-corrected chi connectivity index (χ2v) is 4.02. The van der Waals surface area contributed by atoms with E-state index in [1.165, 1.54) is 32.4 Å². The number of methoxy groups -OCH3 is 2. The van der Waals surface area contributed by atoms with E-state index in [9.17, 15) is 9.59 Å². The van der Waals surface area contributed by atoms with Gasteiger partial charge >= 0.3 is 11.9 Å². The number of carbonyl (C=O) groups excluding carboxylic acids is 2. The molecule has 6 heteroatoms. The van der Waals surface area contributed by atoms with Gasteiger partial charge in [0.05, 0.1) is 19.8 Å². The molecular weight excluding hydrogens is 276 g/mol. The second-order valence-electron chi connectivity index (χ2n) is 4.02. The molecule has 1 aliphatic heterocycles. The van der Waals surface area contributed by atoms with Crippen LogP contribution in [-0.2, 0) is 19.1 Å². The molecule has 0 N–H and O–H groups in total. The summed E-state index contributed by atoms with van der Waals surface area (Å²) in [5.74, 6) is 0.136. The third kappa shape index (κ3) is 3.42. The Morgan fingerprint density at radius 3 is 2.62 bits per heavy atom. The Bertz CT molecular complexity index is 615. The summed E-state index contributed by atoms with van der Waals surface area (Å²) < 4.78 is 19.7. The van der Waals surface area contributed by atoms with E-state index in [-0.39, 0.29) is 12.4 Å². The molecule has 0 saturated carbocycles. The van der Waals surface area contributed by atoms with E-state index >= 15 is 0 Å². The van der Waals surface area contributed by atoms with Crippen LogP contribution in [0, 0.1) is 0 Å². The molecule has 1 aromatic carbocycles. The molecule has 1 heterocycles. The predicted octanol–water partition coefficient (Wildman–Crippen LogP) is 1.70. The normalized spacial score (nSPS) is 13.3. The highest BCUT2D eigenvalue weighted by Crippen LogP contribution is 2.34. The lowest BCUT2D eigenvalue weighted by atomic mass is 10.0. The van der Waals surface area contributed by atoms with E-state index in [0.717, 1.165) is 0 Å². The summed E-state index contributed by atoms with van der Waals surface area (Å²) in [6.45, 7) is 0.151. The van der Waals surface area contributed by atoms with Gasteiger partial charge in [0.15, 0.2) is 11.5 Å². The van der Waals surface area contributed by atoms with Crippen LogP contribution in [0.25, 0.3) is 5.57 Å². The Hall–Kier alpha value is -2.76. The molecule has 0 radical (unpaired) electrons. The number of esters is 2. The van der Waals surface area contributed by atoms with Gasteiger partial charge < -0.3 is 18.9 Å². The second kappa shape index (κ2) is 6.60. The van der Waals surface area contributed by atoms with E-state index in [1.807, 2.05) is 0 Å². The smallest absolute Gasteiger partial charge is 0.338 e. The van der Waals surface area contributed by atoms with Crippen LogP contribution in [0.1, 0.15) is 5.56 Å². The highest BCUT2D eigenvalue weighted by atomic mass is 16.7. The number of benzene rings is 1. The molecule has 1 aliphatic rings. The molecule has 21 heavy (non-hydrogen) atoms. The summed E-state index contributed by atoms with van der Waals surface area (Å²) >= 11 is 0. The molecule has 0 aliphatic carbocycles. The molecule has 0 atom stereocenters. The van der Waals surface area contributed by atoms with Crippen molar-refractivity contribution in [3.05, 3.63) is 42.0 Å². The maximum absolute atomic E-state index is 11.8. The zero-order chi connectivity index (χ0) is 15.2. The molecule has 0 amide bonds. The fourth-order valence-electron chi connectivity index (χ4n) is 1.75. The number of rotatable bonds is 4. The van der Waals surface area contributed by atoms with Gasteiger partial charge in [-0.1, -0.05) is 12.1 Å². The molecule has 0 fully saturated rings. The molecule has 0 saturated heterocycles. The van der Waals surface area contributed by atoms with Crippen molar-refractivity contribution >= 4 is 17.5 Å². The van der Waals surface area contributed by atoms with Gasteiger partial charge in [0.2, 0.25) is 6.79 Å². The standard InChI is InChI=1S/C15H14O6/c1-18-14(16)5-3-4-11(15(17)19-2)10-6-7-12-13(8-10)21-9-20-12/h3-8H,9H2,1-2H3/b5-3-,11-4+. The largest absolute Gasteiger partial charge is 0.466 e. The lowest BCUT2D eigenvalue weighted by Gasteiger charge is -2.06. The van der Waals surface area contributed by atoms with Gasteiger partial charge in [-0.15, -0.1) is 0 Å². The highest BCUT2D eigenvalue weighted by Gasteiger charge is 2.18. The van der Waals surface area contributed by atoms with Gasteiger partial charge in [-0.3, -0.25) is 0 Å². The molecular formula is C15H14O6. The third-order valence-electron chi connectivity index (χ3n) is 2.79. The quantitative estimate of drug-likeness (QED) is 0.477. The topological polar surface area (TPSA) is 71.1 Å². The first-order valence-corrected chi connectivity index (χ1v) is 6.10. The first-order chi connectivity index (χ1) is 10.2. The van der Waals surface area contributed by atoms with Gasteiger partial charge in [0.1, 0.15) is 0 Å². The highest BCUT2D eigenvalue weighted by molar-refractivity contribution is 6.17. The van der Waals surface area contributed by atoms with E-state index in [1.54, 1.807) is 18.2 Å². The van der Waals surface area contributed by atoms with Gasteiger partial charge in [0, 0.05) is 6.08 Å². The number of carbonyl (C=O) groups is 2. The Labute approximate surface area is 121 Å². The maximum Gasteiger partial charge on any atom is 0.338 e. The van der Waals surface area contributed by atoms with Crippen LogP contribution in [0.5, 0.6) is 11.5 Å². The number of allylic oxidation sites excluding steroid dienone is 2. The van der Waals surface area contributed by atoms with Crippen LogP contribution in [0.2, 0.25) is 0 Å². The van der Waals surface area contributed by atoms with Gasteiger partial charge in [-0.05, 0) is 23.8 Å². The molecule has 0 spiro atoms. The number of hydrogen-bond acceptors (Lipinski definition) is 6. The fourth-order valence-corrected chi connectivity index (χ4v) is 1.75.